The Morgan fingerprint density at radius 2 is 1.75 bits per heavy atom. The molecule has 148 valence electrons. The van der Waals surface area contributed by atoms with Gasteiger partial charge in [0.2, 0.25) is 11.8 Å². The van der Waals surface area contributed by atoms with Crippen LogP contribution in [0.5, 0.6) is 0 Å². The number of nitro groups is 1. The molecule has 0 fully saturated rings. The second-order valence-corrected chi connectivity index (χ2v) is 7.26. The van der Waals surface area contributed by atoms with E-state index in [1.54, 1.807) is 26.0 Å². The van der Waals surface area contributed by atoms with E-state index in [4.69, 9.17) is 0 Å². The molecule has 1 N–H and O–H groups in total. The summed E-state index contributed by atoms with van der Waals surface area (Å²) in [6, 6.07) is 11.1. The van der Waals surface area contributed by atoms with E-state index in [1.807, 2.05) is 0 Å². The van der Waals surface area contributed by atoms with Crippen molar-refractivity contribution in [2.75, 3.05) is 17.6 Å². The Kier molecular flexibility index (Phi) is 7.51. The summed E-state index contributed by atoms with van der Waals surface area (Å²) in [5.41, 5.74) is 0.430. The number of thioether (sulfide) groups is 1. The Morgan fingerprint density at radius 3 is 2.29 bits per heavy atom. The number of hydrogen-bond donors (Lipinski definition) is 1. The number of non-ortho nitro benzene ring substituents is 1. The molecule has 2 amide bonds. The summed E-state index contributed by atoms with van der Waals surface area (Å²) in [5, 5.41) is 13.3. The van der Waals surface area contributed by atoms with Gasteiger partial charge in [-0.3, -0.25) is 19.7 Å². The molecule has 0 bridgehead atoms. The van der Waals surface area contributed by atoms with Gasteiger partial charge in [-0.2, -0.15) is 0 Å². The predicted octanol–water partition coefficient (Wildman–Crippen LogP) is 3.70. The quantitative estimate of drug-likeness (QED) is 0.411. The maximum atomic E-state index is 12.9. The lowest BCUT2D eigenvalue weighted by molar-refractivity contribution is -0.384. The molecular formula is C19H20FN3O4S. The second-order valence-electron chi connectivity index (χ2n) is 6.21. The fourth-order valence-electron chi connectivity index (χ4n) is 2.34. The van der Waals surface area contributed by atoms with E-state index in [0.29, 0.717) is 5.69 Å². The first-order valence-electron chi connectivity index (χ1n) is 8.48. The van der Waals surface area contributed by atoms with Crippen molar-refractivity contribution >= 4 is 35.0 Å². The summed E-state index contributed by atoms with van der Waals surface area (Å²) in [6.07, 6.45) is 0. The van der Waals surface area contributed by atoms with Gasteiger partial charge in [0.25, 0.3) is 5.69 Å². The maximum absolute atomic E-state index is 12.9. The van der Waals surface area contributed by atoms with Gasteiger partial charge in [-0.1, -0.05) is 0 Å². The van der Waals surface area contributed by atoms with E-state index in [2.05, 4.69) is 5.32 Å². The standard InChI is InChI=1S/C19H20FN3O4S/c1-13(2)22(11-18(24)21-15-5-3-14(20)4-6-15)19(25)12-28-17-9-7-16(8-10-17)23(26)27/h3-10,13H,11-12H2,1-2H3,(H,21,24). The Bertz CT molecular complexity index is 841. The van der Waals surface area contributed by atoms with Gasteiger partial charge in [-0.25, -0.2) is 4.39 Å². The van der Waals surface area contributed by atoms with Crippen LogP contribution in [0.4, 0.5) is 15.8 Å². The molecule has 0 aromatic heterocycles. The van der Waals surface area contributed by atoms with E-state index in [-0.39, 0.29) is 35.8 Å². The molecule has 0 heterocycles. The summed E-state index contributed by atoms with van der Waals surface area (Å²) < 4.78 is 12.9. The third-order valence-corrected chi connectivity index (χ3v) is 4.79. The molecule has 2 aromatic rings. The van der Waals surface area contributed by atoms with Crippen molar-refractivity contribution in [3.05, 3.63) is 64.5 Å². The fourth-order valence-corrected chi connectivity index (χ4v) is 3.12. The minimum Gasteiger partial charge on any atom is -0.330 e. The van der Waals surface area contributed by atoms with Crippen LogP contribution in [0, 0.1) is 15.9 Å². The van der Waals surface area contributed by atoms with Crippen molar-refractivity contribution in [3.63, 3.8) is 0 Å². The van der Waals surface area contributed by atoms with Gasteiger partial charge in [0, 0.05) is 28.8 Å². The number of rotatable bonds is 8. The molecule has 0 aliphatic carbocycles. The lowest BCUT2D eigenvalue weighted by atomic mass is 10.3. The van der Waals surface area contributed by atoms with Crippen LogP contribution < -0.4 is 5.32 Å². The normalized spacial score (nSPS) is 10.6. The van der Waals surface area contributed by atoms with E-state index in [1.165, 1.54) is 53.1 Å². The van der Waals surface area contributed by atoms with Crippen molar-refractivity contribution in [3.8, 4) is 0 Å². The van der Waals surface area contributed by atoms with Crippen molar-refractivity contribution in [1.82, 2.24) is 4.90 Å². The molecule has 9 heteroatoms. The first-order valence-corrected chi connectivity index (χ1v) is 9.47. The van der Waals surface area contributed by atoms with Gasteiger partial charge in [0.1, 0.15) is 12.4 Å². The third kappa shape index (κ3) is 6.34. The van der Waals surface area contributed by atoms with Crippen LogP contribution in [0.15, 0.2) is 53.4 Å². The van der Waals surface area contributed by atoms with E-state index in [0.717, 1.165) is 4.90 Å². The highest BCUT2D eigenvalue weighted by atomic mass is 32.2. The molecule has 0 spiro atoms. The summed E-state index contributed by atoms with van der Waals surface area (Å²) in [5.74, 6) is -0.915. The molecule has 0 saturated carbocycles. The van der Waals surface area contributed by atoms with Crippen LogP contribution >= 0.6 is 11.8 Å². The second kappa shape index (κ2) is 9.84. The highest BCUT2D eigenvalue weighted by molar-refractivity contribution is 8.00. The minimum absolute atomic E-state index is 0.0167. The van der Waals surface area contributed by atoms with Crippen molar-refractivity contribution in [2.45, 2.75) is 24.8 Å². The average Bonchev–Trinajstić information content (AvgIpc) is 2.66. The Hall–Kier alpha value is -2.94. The molecule has 0 saturated heterocycles. The molecule has 2 aromatic carbocycles. The number of nitrogens with zero attached hydrogens (tertiary/aromatic N) is 2. The summed E-state index contributed by atoms with van der Waals surface area (Å²) in [6.45, 7) is 3.48. The van der Waals surface area contributed by atoms with Crippen molar-refractivity contribution in [1.29, 1.82) is 0 Å². The summed E-state index contributed by atoms with van der Waals surface area (Å²) in [4.78, 5) is 37.1. The molecule has 0 aliphatic heterocycles. The van der Waals surface area contributed by atoms with Crippen LogP contribution in [0.25, 0.3) is 0 Å². The zero-order valence-electron chi connectivity index (χ0n) is 15.4. The van der Waals surface area contributed by atoms with E-state index in [9.17, 15) is 24.1 Å². The fraction of sp³-hybridized carbons (Fsp3) is 0.263. The van der Waals surface area contributed by atoms with Crippen LogP contribution in [0.2, 0.25) is 0 Å². The summed E-state index contributed by atoms with van der Waals surface area (Å²) in [7, 11) is 0. The Morgan fingerprint density at radius 1 is 1.14 bits per heavy atom. The molecule has 0 unspecified atom stereocenters. The number of carbonyl (C=O) groups is 2. The minimum atomic E-state index is -0.486. The van der Waals surface area contributed by atoms with Crippen LogP contribution in [0.3, 0.4) is 0 Å². The van der Waals surface area contributed by atoms with Gasteiger partial charge >= 0.3 is 0 Å². The topological polar surface area (TPSA) is 92.6 Å². The number of halogens is 1. The highest BCUT2D eigenvalue weighted by Crippen LogP contribution is 2.22. The molecule has 28 heavy (non-hydrogen) atoms. The number of nitrogens with one attached hydrogen (secondary N) is 1. The smallest absolute Gasteiger partial charge is 0.269 e. The van der Waals surface area contributed by atoms with Gasteiger partial charge in [-0.05, 0) is 50.2 Å². The number of hydrogen-bond acceptors (Lipinski definition) is 5. The molecule has 7 nitrogen and oxygen atoms in total. The van der Waals surface area contributed by atoms with Gasteiger partial charge in [-0.15, -0.1) is 11.8 Å². The first-order chi connectivity index (χ1) is 13.3. The number of benzene rings is 2. The number of nitro benzene ring substituents is 1. The van der Waals surface area contributed by atoms with Crippen LogP contribution in [-0.2, 0) is 9.59 Å². The lowest BCUT2D eigenvalue weighted by Crippen LogP contribution is -2.43. The predicted molar refractivity (Wildman–Crippen MR) is 106 cm³/mol. The van der Waals surface area contributed by atoms with E-state index >= 15 is 0 Å². The molecule has 0 atom stereocenters. The van der Waals surface area contributed by atoms with Crippen molar-refractivity contribution in [2.24, 2.45) is 0 Å². The van der Waals surface area contributed by atoms with Crippen LogP contribution in [-0.4, -0.2) is 40.0 Å². The largest absolute Gasteiger partial charge is 0.330 e. The molecule has 2 rings (SSSR count). The molecular weight excluding hydrogens is 385 g/mol. The lowest BCUT2D eigenvalue weighted by Gasteiger charge is -2.26. The molecule has 0 radical (unpaired) electrons. The van der Waals surface area contributed by atoms with Gasteiger partial charge in [0.05, 0.1) is 10.7 Å². The number of anilines is 1. The first kappa shape index (κ1) is 21.4. The summed E-state index contributed by atoms with van der Waals surface area (Å²) >= 11 is 1.24. The zero-order chi connectivity index (χ0) is 20.7. The Labute approximate surface area is 166 Å². The van der Waals surface area contributed by atoms with Gasteiger partial charge < -0.3 is 10.2 Å². The number of amides is 2. The highest BCUT2D eigenvalue weighted by Gasteiger charge is 2.20. The maximum Gasteiger partial charge on any atom is 0.269 e. The number of carbonyl (C=O) groups excluding carboxylic acids is 2. The van der Waals surface area contributed by atoms with Crippen molar-refractivity contribution < 1.29 is 18.9 Å². The van der Waals surface area contributed by atoms with Gasteiger partial charge in [0.15, 0.2) is 0 Å². The van der Waals surface area contributed by atoms with E-state index < -0.39 is 10.7 Å². The molecule has 0 aliphatic rings. The SMILES string of the molecule is CC(C)N(CC(=O)Nc1ccc(F)cc1)C(=O)CSc1ccc([N+](=O)[O-])cc1. The Balaban J connectivity index is 1.92. The average molecular weight is 405 g/mol. The monoisotopic (exact) mass is 405 g/mol. The third-order valence-electron chi connectivity index (χ3n) is 3.80. The van der Waals surface area contributed by atoms with Crippen LogP contribution in [0.1, 0.15) is 13.8 Å². The zero-order valence-corrected chi connectivity index (χ0v) is 16.2.